The maximum atomic E-state index is 12.4. The van der Waals surface area contributed by atoms with Gasteiger partial charge in [-0.3, -0.25) is 4.79 Å². The number of rotatable bonds is 3. The van der Waals surface area contributed by atoms with E-state index in [-0.39, 0.29) is 11.8 Å². The summed E-state index contributed by atoms with van der Waals surface area (Å²) in [7, 11) is 0. The Morgan fingerprint density at radius 1 is 1.09 bits per heavy atom. The van der Waals surface area contributed by atoms with Crippen LogP contribution in [0.1, 0.15) is 56.9 Å². The maximum absolute atomic E-state index is 12.4. The van der Waals surface area contributed by atoms with Crippen LogP contribution >= 0.6 is 0 Å². The normalized spacial score (nSPS) is 32.4. The van der Waals surface area contributed by atoms with Crippen molar-refractivity contribution < 1.29 is 4.79 Å². The van der Waals surface area contributed by atoms with Crippen molar-refractivity contribution in [3.05, 3.63) is 35.9 Å². The van der Waals surface area contributed by atoms with Crippen molar-refractivity contribution >= 4 is 5.91 Å². The van der Waals surface area contributed by atoms with E-state index in [1.165, 1.54) is 18.4 Å². The van der Waals surface area contributed by atoms with Crippen molar-refractivity contribution in [3.63, 3.8) is 0 Å². The quantitative estimate of drug-likeness (QED) is 0.900. The monoisotopic (exact) mass is 300 g/mol. The van der Waals surface area contributed by atoms with Gasteiger partial charge in [0.25, 0.3) is 0 Å². The lowest BCUT2D eigenvalue weighted by atomic mass is 9.81. The average Bonchev–Trinajstić information content (AvgIpc) is 2.56. The molecule has 120 valence electrons. The van der Waals surface area contributed by atoms with Crippen molar-refractivity contribution in [1.29, 1.82) is 0 Å². The molecule has 1 saturated heterocycles. The first kappa shape index (κ1) is 15.5. The van der Waals surface area contributed by atoms with Crippen molar-refractivity contribution in [2.45, 2.75) is 63.5 Å². The summed E-state index contributed by atoms with van der Waals surface area (Å²) in [5.74, 6) is 1.17. The van der Waals surface area contributed by atoms with E-state index in [0.29, 0.717) is 18.0 Å². The lowest BCUT2D eigenvalue weighted by molar-refractivity contribution is -0.127. The molecule has 1 amide bonds. The lowest BCUT2D eigenvalue weighted by Gasteiger charge is -2.32. The van der Waals surface area contributed by atoms with Crippen LogP contribution in [0.25, 0.3) is 0 Å². The van der Waals surface area contributed by atoms with Gasteiger partial charge in [0.15, 0.2) is 0 Å². The minimum Gasteiger partial charge on any atom is -0.353 e. The van der Waals surface area contributed by atoms with Crippen LogP contribution in [0.2, 0.25) is 0 Å². The van der Waals surface area contributed by atoms with Crippen LogP contribution in [-0.2, 0) is 4.79 Å². The molecule has 0 unspecified atom stereocenters. The van der Waals surface area contributed by atoms with Crippen LogP contribution < -0.4 is 10.6 Å². The molecule has 3 nitrogen and oxygen atoms in total. The predicted octanol–water partition coefficient (Wildman–Crippen LogP) is 3.22. The van der Waals surface area contributed by atoms with E-state index in [9.17, 15) is 4.79 Å². The molecule has 1 saturated carbocycles. The van der Waals surface area contributed by atoms with E-state index in [4.69, 9.17) is 0 Å². The highest BCUT2D eigenvalue weighted by molar-refractivity contribution is 5.79. The molecule has 3 heteroatoms. The second kappa shape index (κ2) is 7.28. The molecule has 1 aromatic rings. The Morgan fingerprint density at radius 2 is 1.82 bits per heavy atom. The van der Waals surface area contributed by atoms with Crippen molar-refractivity contribution in [3.8, 4) is 0 Å². The molecule has 2 atom stereocenters. The van der Waals surface area contributed by atoms with Crippen LogP contribution in [0.3, 0.4) is 0 Å². The minimum absolute atomic E-state index is 0.211. The number of carbonyl (C=O) groups is 1. The molecule has 1 aliphatic carbocycles. The fourth-order valence-corrected chi connectivity index (χ4v) is 3.99. The summed E-state index contributed by atoms with van der Waals surface area (Å²) in [5, 5.41) is 6.73. The third kappa shape index (κ3) is 3.89. The van der Waals surface area contributed by atoms with E-state index in [0.717, 1.165) is 32.2 Å². The first-order chi connectivity index (χ1) is 10.7. The minimum atomic E-state index is 0.211. The highest BCUT2D eigenvalue weighted by atomic mass is 16.1. The number of benzene rings is 1. The van der Waals surface area contributed by atoms with Crippen LogP contribution in [0.15, 0.2) is 30.3 Å². The molecule has 0 bridgehead atoms. The Morgan fingerprint density at radius 3 is 2.50 bits per heavy atom. The second-order valence-corrected chi connectivity index (χ2v) is 7.04. The van der Waals surface area contributed by atoms with Gasteiger partial charge in [0, 0.05) is 18.0 Å². The van der Waals surface area contributed by atoms with E-state index in [1.54, 1.807) is 0 Å². The molecule has 2 fully saturated rings. The molecule has 3 rings (SSSR count). The maximum Gasteiger partial charge on any atom is 0.223 e. The Hall–Kier alpha value is -1.35. The van der Waals surface area contributed by atoms with E-state index >= 15 is 0 Å². The fourth-order valence-electron chi connectivity index (χ4n) is 3.99. The van der Waals surface area contributed by atoms with Crippen molar-refractivity contribution in [2.24, 2.45) is 5.92 Å². The summed E-state index contributed by atoms with van der Waals surface area (Å²) in [5.41, 5.74) is 1.46. The molecule has 0 radical (unpaired) electrons. The Kier molecular flexibility index (Phi) is 5.14. The summed E-state index contributed by atoms with van der Waals surface area (Å²) in [6.07, 6.45) is 6.58. The van der Waals surface area contributed by atoms with Gasteiger partial charge in [0.1, 0.15) is 0 Å². The van der Waals surface area contributed by atoms with Gasteiger partial charge in [-0.1, -0.05) is 30.3 Å². The van der Waals surface area contributed by atoms with E-state index in [2.05, 4.69) is 47.9 Å². The molecule has 0 spiro atoms. The summed E-state index contributed by atoms with van der Waals surface area (Å²) in [4.78, 5) is 12.4. The van der Waals surface area contributed by atoms with Crippen LogP contribution in [0, 0.1) is 5.92 Å². The largest absolute Gasteiger partial charge is 0.353 e. The second-order valence-electron chi connectivity index (χ2n) is 7.04. The number of nitrogens with one attached hydrogen (secondary N) is 2. The molecular formula is C19H28N2O. The summed E-state index contributed by atoms with van der Waals surface area (Å²) < 4.78 is 0. The Balaban J connectivity index is 1.46. The van der Waals surface area contributed by atoms with Crippen LogP contribution in [-0.4, -0.2) is 24.5 Å². The zero-order chi connectivity index (χ0) is 15.4. The summed E-state index contributed by atoms with van der Waals surface area (Å²) in [6, 6.07) is 11.7. The molecule has 2 N–H and O–H groups in total. The van der Waals surface area contributed by atoms with Gasteiger partial charge in [-0.15, -0.1) is 0 Å². The average molecular weight is 300 g/mol. The summed E-state index contributed by atoms with van der Waals surface area (Å²) >= 11 is 0. The molecular weight excluding hydrogens is 272 g/mol. The Bertz CT molecular complexity index is 479. The molecule has 1 heterocycles. The smallest absolute Gasteiger partial charge is 0.223 e. The number of carbonyl (C=O) groups excluding carboxylic acids is 1. The first-order valence-corrected chi connectivity index (χ1v) is 8.81. The number of hydrogen-bond donors (Lipinski definition) is 2. The van der Waals surface area contributed by atoms with Crippen molar-refractivity contribution in [2.75, 3.05) is 6.54 Å². The predicted molar refractivity (Wildman–Crippen MR) is 89.8 cm³/mol. The fraction of sp³-hybridized carbons (Fsp3) is 0.632. The summed E-state index contributed by atoms with van der Waals surface area (Å²) in [6.45, 7) is 3.14. The third-order valence-electron chi connectivity index (χ3n) is 5.34. The van der Waals surface area contributed by atoms with E-state index in [1.807, 2.05) is 0 Å². The number of hydrogen-bond acceptors (Lipinski definition) is 2. The molecule has 22 heavy (non-hydrogen) atoms. The number of piperidine rings is 1. The topological polar surface area (TPSA) is 41.1 Å². The van der Waals surface area contributed by atoms with Gasteiger partial charge >= 0.3 is 0 Å². The van der Waals surface area contributed by atoms with Gasteiger partial charge in [0.2, 0.25) is 5.91 Å². The lowest BCUT2D eigenvalue weighted by Crippen LogP contribution is -2.46. The molecule has 1 aromatic carbocycles. The number of amides is 1. The van der Waals surface area contributed by atoms with Gasteiger partial charge in [-0.2, -0.15) is 0 Å². The van der Waals surface area contributed by atoms with Gasteiger partial charge in [0.05, 0.1) is 0 Å². The Labute approximate surface area is 133 Å². The van der Waals surface area contributed by atoms with Crippen LogP contribution in [0.4, 0.5) is 0 Å². The molecule has 0 aromatic heterocycles. The van der Waals surface area contributed by atoms with Crippen molar-refractivity contribution in [1.82, 2.24) is 10.6 Å². The molecule has 2 aliphatic rings. The van der Waals surface area contributed by atoms with Gasteiger partial charge < -0.3 is 10.6 Å². The molecule has 1 aliphatic heterocycles. The van der Waals surface area contributed by atoms with Gasteiger partial charge in [-0.05, 0) is 63.5 Å². The first-order valence-electron chi connectivity index (χ1n) is 8.81. The van der Waals surface area contributed by atoms with Crippen LogP contribution in [0.5, 0.6) is 0 Å². The van der Waals surface area contributed by atoms with Gasteiger partial charge in [-0.25, -0.2) is 0 Å². The van der Waals surface area contributed by atoms with E-state index < -0.39 is 0 Å². The third-order valence-corrected chi connectivity index (χ3v) is 5.34. The standard InChI is InChI=1S/C19H28N2O/c1-14-13-17(11-12-20-14)19(22)21-18-9-7-16(8-10-18)15-5-3-2-4-6-15/h2-6,14,16-18,20H,7-13H2,1H3,(H,21,22)/t14-,16?,17-,18?/m0/s1. The highest BCUT2D eigenvalue weighted by Gasteiger charge is 2.28. The zero-order valence-electron chi connectivity index (χ0n) is 13.6. The zero-order valence-corrected chi connectivity index (χ0v) is 13.6. The highest BCUT2D eigenvalue weighted by Crippen LogP contribution is 2.33. The SMILES string of the molecule is C[C@H]1C[C@@H](C(=O)NC2CCC(c3ccccc3)CC2)CCN1.